The lowest BCUT2D eigenvalue weighted by atomic mass is 10.1. The van der Waals surface area contributed by atoms with E-state index in [1.807, 2.05) is 12.1 Å². The van der Waals surface area contributed by atoms with Gasteiger partial charge >= 0.3 is 0 Å². The number of anilines is 2. The van der Waals surface area contributed by atoms with E-state index >= 15 is 0 Å². The molecule has 1 aliphatic carbocycles. The topological polar surface area (TPSA) is 75.3 Å². The van der Waals surface area contributed by atoms with E-state index in [1.54, 1.807) is 45.0 Å². The van der Waals surface area contributed by atoms with Gasteiger partial charge in [-0.25, -0.2) is 8.42 Å². The lowest BCUT2D eigenvalue weighted by Crippen LogP contribution is -2.33. The van der Waals surface area contributed by atoms with Crippen LogP contribution in [0.25, 0.3) is 0 Å². The van der Waals surface area contributed by atoms with E-state index in [4.69, 9.17) is 0 Å². The summed E-state index contributed by atoms with van der Waals surface area (Å²) in [6.45, 7) is 7.13. The molecule has 2 aromatic carbocycles. The smallest absolute Gasteiger partial charge is 0.255 e. The zero-order valence-electron chi connectivity index (χ0n) is 16.2. The molecule has 2 N–H and O–H groups in total. The molecular formula is C21H26N2O3S. The summed E-state index contributed by atoms with van der Waals surface area (Å²) in [7, 11) is -3.49. The van der Waals surface area contributed by atoms with Crippen LogP contribution in [-0.4, -0.2) is 19.1 Å². The predicted molar refractivity (Wildman–Crippen MR) is 110 cm³/mol. The first-order valence-electron chi connectivity index (χ1n) is 9.11. The zero-order chi connectivity index (χ0) is 19.8. The van der Waals surface area contributed by atoms with E-state index in [0.717, 1.165) is 18.5 Å². The van der Waals surface area contributed by atoms with Crippen molar-refractivity contribution in [2.45, 2.75) is 45.3 Å². The molecule has 144 valence electrons. The number of fused-ring (bicyclic) bond motifs is 1. The highest BCUT2D eigenvalue weighted by Gasteiger charge is 2.28. The third kappa shape index (κ3) is 4.33. The number of carbonyl (C=O) groups excluding carboxylic acids is 1. The number of hydrogen-bond donors (Lipinski definition) is 2. The minimum atomic E-state index is -3.49. The third-order valence-electron chi connectivity index (χ3n) is 4.81. The van der Waals surface area contributed by atoms with Gasteiger partial charge in [0.25, 0.3) is 5.91 Å². The average molecular weight is 387 g/mol. The van der Waals surface area contributed by atoms with Gasteiger partial charge in [-0.1, -0.05) is 13.0 Å². The van der Waals surface area contributed by atoms with Crippen LogP contribution in [0, 0.1) is 5.92 Å². The van der Waals surface area contributed by atoms with Gasteiger partial charge in [-0.3, -0.25) is 9.52 Å². The maximum absolute atomic E-state index is 12.5. The number of hydrogen-bond acceptors (Lipinski definition) is 3. The Morgan fingerprint density at radius 1 is 0.963 bits per heavy atom. The summed E-state index contributed by atoms with van der Waals surface area (Å²) in [4.78, 5) is 12.5. The highest BCUT2D eigenvalue weighted by molar-refractivity contribution is 7.94. The summed E-state index contributed by atoms with van der Waals surface area (Å²) >= 11 is 0. The first-order chi connectivity index (χ1) is 12.5. The van der Waals surface area contributed by atoms with Crippen LogP contribution < -0.4 is 10.0 Å². The third-order valence-corrected chi connectivity index (χ3v) is 6.92. The summed E-state index contributed by atoms with van der Waals surface area (Å²) in [5.74, 6) is 0.432. The lowest BCUT2D eigenvalue weighted by molar-refractivity contribution is 0.102. The maximum Gasteiger partial charge on any atom is 0.255 e. The lowest BCUT2D eigenvalue weighted by Gasteiger charge is -2.20. The van der Waals surface area contributed by atoms with Crippen molar-refractivity contribution in [3.8, 4) is 0 Å². The van der Waals surface area contributed by atoms with Gasteiger partial charge in [0.2, 0.25) is 10.0 Å². The van der Waals surface area contributed by atoms with Crippen LogP contribution in [0.2, 0.25) is 0 Å². The fraction of sp³-hybridized carbons (Fsp3) is 0.381. The van der Waals surface area contributed by atoms with Crippen molar-refractivity contribution in [1.29, 1.82) is 0 Å². The Morgan fingerprint density at radius 3 is 2.19 bits per heavy atom. The van der Waals surface area contributed by atoms with Crippen LogP contribution in [0.5, 0.6) is 0 Å². The number of amides is 1. The SMILES string of the molecule is CC1Cc2ccc(NC(=O)c3ccc(NS(=O)(=O)C(C)(C)C)cc3)cc2C1. The van der Waals surface area contributed by atoms with Crippen LogP contribution in [-0.2, 0) is 22.9 Å². The summed E-state index contributed by atoms with van der Waals surface area (Å²) in [6, 6.07) is 12.5. The molecule has 3 rings (SSSR count). The van der Waals surface area contributed by atoms with E-state index in [0.29, 0.717) is 17.2 Å². The van der Waals surface area contributed by atoms with Gasteiger partial charge in [-0.05, 0) is 87.1 Å². The van der Waals surface area contributed by atoms with Crippen LogP contribution >= 0.6 is 0 Å². The Labute approximate surface area is 161 Å². The number of rotatable bonds is 4. The number of carbonyl (C=O) groups is 1. The van der Waals surface area contributed by atoms with Crippen molar-refractivity contribution < 1.29 is 13.2 Å². The predicted octanol–water partition coefficient (Wildman–Crippen LogP) is 4.21. The molecule has 1 atom stereocenters. The molecule has 0 heterocycles. The standard InChI is InChI=1S/C21H26N2O3S/c1-14-11-16-7-10-19(13-17(16)12-14)22-20(24)15-5-8-18(9-6-15)23-27(25,26)21(2,3)4/h5-10,13-14,23H,11-12H2,1-4H3,(H,22,24). The van der Waals surface area contributed by atoms with Crippen molar-refractivity contribution in [2.24, 2.45) is 5.92 Å². The van der Waals surface area contributed by atoms with Gasteiger partial charge in [-0.15, -0.1) is 0 Å². The average Bonchev–Trinajstić information content (AvgIpc) is 2.93. The molecule has 0 aliphatic heterocycles. The van der Waals surface area contributed by atoms with E-state index in [1.165, 1.54) is 11.1 Å². The van der Waals surface area contributed by atoms with Gasteiger partial charge < -0.3 is 5.32 Å². The molecule has 0 aromatic heterocycles. The highest BCUT2D eigenvalue weighted by Crippen LogP contribution is 2.29. The van der Waals surface area contributed by atoms with Crippen molar-refractivity contribution in [3.05, 3.63) is 59.2 Å². The second-order valence-corrected chi connectivity index (χ2v) is 10.7. The maximum atomic E-state index is 12.5. The zero-order valence-corrected chi connectivity index (χ0v) is 17.0. The van der Waals surface area contributed by atoms with Gasteiger partial charge in [0.05, 0.1) is 4.75 Å². The normalized spacial score (nSPS) is 16.7. The van der Waals surface area contributed by atoms with Gasteiger partial charge in [0, 0.05) is 16.9 Å². The van der Waals surface area contributed by atoms with E-state index in [9.17, 15) is 13.2 Å². The van der Waals surface area contributed by atoms with E-state index in [-0.39, 0.29) is 5.91 Å². The van der Waals surface area contributed by atoms with Crippen molar-refractivity contribution in [3.63, 3.8) is 0 Å². The molecule has 27 heavy (non-hydrogen) atoms. The molecule has 1 aliphatic rings. The quantitative estimate of drug-likeness (QED) is 0.826. The fourth-order valence-corrected chi connectivity index (χ4v) is 3.87. The number of benzene rings is 2. The van der Waals surface area contributed by atoms with Crippen LogP contribution in [0.1, 0.15) is 49.2 Å². The first kappa shape index (κ1) is 19.4. The monoisotopic (exact) mass is 386 g/mol. The Hall–Kier alpha value is -2.34. The van der Waals surface area contributed by atoms with Crippen molar-refractivity contribution >= 4 is 27.3 Å². The minimum absolute atomic E-state index is 0.216. The highest BCUT2D eigenvalue weighted by atomic mass is 32.2. The van der Waals surface area contributed by atoms with Crippen LogP contribution in [0.4, 0.5) is 11.4 Å². The Kier molecular flexibility index (Phi) is 5.04. The molecule has 0 saturated carbocycles. The van der Waals surface area contributed by atoms with E-state index in [2.05, 4.69) is 23.0 Å². The Bertz CT molecular complexity index is 958. The summed E-state index contributed by atoms with van der Waals surface area (Å²) in [6.07, 6.45) is 2.14. The molecule has 0 bridgehead atoms. The minimum Gasteiger partial charge on any atom is -0.322 e. The molecule has 1 unspecified atom stereocenters. The molecular weight excluding hydrogens is 360 g/mol. The second kappa shape index (κ2) is 7.00. The molecule has 0 fully saturated rings. The summed E-state index contributed by atoms with van der Waals surface area (Å²) < 4.78 is 26.1. The Balaban J connectivity index is 1.69. The van der Waals surface area contributed by atoms with Gasteiger partial charge in [-0.2, -0.15) is 0 Å². The van der Waals surface area contributed by atoms with Crippen molar-refractivity contribution in [1.82, 2.24) is 0 Å². The second-order valence-electron chi connectivity index (χ2n) is 8.25. The molecule has 0 saturated heterocycles. The Morgan fingerprint density at radius 2 is 1.56 bits per heavy atom. The molecule has 6 heteroatoms. The first-order valence-corrected chi connectivity index (χ1v) is 10.6. The summed E-state index contributed by atoms with van der Waals surface area (Å²) in [5.41, 5.74) is 4.35. The number of nitrogens with one attached hydrogen (secondary N) is 2. The van der Waals surface area contributed by atoms with Gasteiger partial charge in [0.1, 0.15) is 0 Å². The molecule has 1 amide bonds. The largest absolute Gasteiger partial charge is 0.322 e. The van der Waals surface area contributed by atoms with Gasteiger partial charge in [0.15, 0.2) is 0 Å². The summed E-state index contributed by atoms with van der Waals surface area (Å²) in [5, 5.41) is 2.92. The number of sulfonamides is 1. The molecule has 0 radical (unpaired) electrons. The van der Waals surface area contributed by atoms with Crippen LogP contribution in [0.15, 0.2) is 42.5 Å². The van der Waals surface area contributed by atoms with Crippen LogP contribution in [0.3, 0.4) is 0 Å². The molecule has 5 nitrogen and oxygen atoms in total. The van der Waals surface area contributed by atoms with E-state index < -0.39 is 14.8 Å². The molecule has 2 aromatic rings. The fourth-order valence-electron chi connectivity index (χ4n) is 3.12. The molecule has 0 spiro atoms. The van der Waals surface area contributed by atoms with Crippen molar-refractivity contribution in [2.75, 3.05) is 10.0 Å².